The van der Waals surface area contributed by atoms with Crippen LogP contribution in [-0.4, -0.2) is 20.3 Å². The molecule has 1 nitrogen and oxygen atoms in total. The SMILES string of the molecule is CC(C)[Si](C#Cc1c2cc3ccccc3cc2c(C#Cc2ccc(C=NC3CCCCC3)cc2)c2cc3ccccc3cc12)(C(C)C)C(C)C. The second-order valence-corrected chi connectivity index (χ2v) is 20.9. The highest BCUT2D eigenvalue weighted by molar-refractivity contribution is 6.90. The summed E-state index contributed by atoms with van der Waals surface area (Å²) in [5.41, 5.74) is 10.1. The van der Waals surface area contributed by atoms with E-state index in [2.05, 4.69) is 168 Å². The smallest absolute Gasteiger partial charge is 0.146 e. The molecular formula is C48H49NSi. The number of rotatable bonds is 5. The minimum absolute atomic E-state index is 0.476. The Bertz CT molecular complexity index is 2230. The number of hydrogen-bond acceptors (Lipinski definition) is 1. The first-order chi connectivity index (χ1) is 24.2. The molecule has 6 aromatic carbocycles. The van der Waals surface area contributed by atoms with Gasteiger partial charge in [0.25, 0.3) is 0 Å². The van der Waals surface area contributed by atoms with Crippen LogP contribution in [0.15, 0.2) is 102 Å². The molecule has 0 radical (unpaired) electrons. The van der Waals surface area contributed by atoms with Gasteiger partial charge in [0.2, 0.25) is 0 Å². The van der Waals surface area contributed by atoms with Gasteiger partial charge in [0, 0.05) is 28.9 Å². The third kappa shape index (κ3) is 6.51. The van der Waals surface area contributed by atoms with Gasteiger partial charge in [-0.25, -0.2) is 0 Å². The maximum atomic E-state index is 4.89. The molecule has 7 rings (SSSR count). The van der Waals surface area contributed by atoms with Crippen LogP contribution in [0.3, 0.4) is 0 Å². The van der Waals surface area contributed by atoms with E-state index in [0.29, 0.717) is 22.7 Å². The normalized spacial score (nSPS) is 14.3. The number of benzene rings is 6. The number of fused-ring (bicyclic) bond motifs is 4. The Labute approximate surface area is 300 Å². The Hall–Kier alpha value is -4.63. The Balaban J connectivity index is 1.46. The third-order valence-electron chi connectivity index (χ3n) is 11.4. The monoisotopic (exact) mass is 667 g/mol. The lowest BCUT2D eigenvalue weighted by molar-refractivity contribution is 0.444. The summed E-state index contributed by atoms with van der Waals surface area (Å²) in [7, 11) is -1.98. The summed E-state index contributed by atoms with van der Waals surface area (Å²) < 4.78 is 0. The van der Waals surface area contributed by atoms with Crippen LogP contribution in [0.4, 0.5) is 0 Å². The van der Waals surface area contributed by atoms with Crippen LogP contribution in [0.5, 0.6) is 0 Å². The van der Waals surface area contributed by atoms with E-state index < -0.39 is 8.07 Å². The Morgan fingerprint density at radius 1 is 0.560 bits per heavy atom. The van der Waals surface area contributed by atoms with Crippen molar-refractivity contribution >= 4 is 57.4 Å². The van der Waals surface area contributed by atoms with Gasteiger partial charge >= 0.3 is 0 Å². The molecule has 0 amide bonds. The molecule has 1 saturated carbocycles. The van der Waals surface area contributed by atoms with Gasteiger partial charge in [0.15, 0.2) is 0 Å². The molecule has 0 heterocycles. The topological polar surface area (TPSA) is 12.4 Å². The maximum absolute atomic E-state index is 4.89. The quantitative estimate of drug-likeness (QED) is 0.0751. The summed E-state index contributed by atoms with van der Waals surface area (Å²) in [6.45, 7) is 14.4. The highest BCUT2D eigenvalue weighted by Crippen LogP contribution is 2.42. The first-order valence-corrected chi connectivity index (χ1v) is 21.0. The van der Waals surface area contributed by atoms with Crippen LogP contribution in [0.1, 0.15) is 95.9 Å². The van der Waals surface area contributed by atoms with Crippen molar-refractivity contribution in [3.63, 3.8) is 0 Å². The van der Waals surface area contributed by atoms with Gasteiger partial charge in [0.1, 0.15) is 8.07 Å². The minimum atomic E-state index is -1.98. The first-order valence-electron chi connectivity index (χ1n) is 18.7. The van der Waals surface area contributed by atoms with Crippen molar-refractivity contribution in [2.45, 2.75) is 96.3 Å². The lowest BCUT2D eigenvalue weighted by atomic mass is 9.89. The fourth-order valence-electron chi connectivity index (χ4n) is 8.68. The lowest BCUT2D eigenvalue weighted by Gasteiger charge is -2.38. The third-order valence-corrected chi connectivity index (χ3v) is 17.7. The molecule has 0 aromatic heterocycles. The minimum Gasteiger partial charge on any atom is -0.289 e. The zero-order valence-electron chi connectivity index (χ0n) is 30.6. The van der Waals surface area contributed by atoms with E-state index in [0.717, 1.165) is 22.3 Å². The predicted molar refractivity (Wildman–Crippen MR) is 221 cm³/mol. The van der Waals surface area contributed by atoms with Gasteiger partial charge in [-0.1, -0.05) is 139 Å². The first kappa shape index (κ1) is 33.8. The number of nitrogens with zero attached hydrogens (tertiary/aromatic N) is 1. The molecule has 1 aliphatic rings. The van der Waals surface area contributed by atoms with Crippen molar-refractivity contribution in [3.8, 4) is 23.3 Å². The molecule has 250 valence electrons. The fraction of sp³-hybridized carbons (Fsp3) is 0.312. The molecule has 0 aliphatic heterocycles. The summed E-state index contributed by atoms with van der Waals surface area (Å²) in [6.07, 6.45) is 8.44. The van der Waals surface area contributed by atoms with Gasteiger partial charge in [-0.2, -0.15) is 0 Å². The van der Waals surface area contributed by atoms with Crippen LogP contribution in [0, 0.1) is 23.3 Å². The van der Waals surface area contributed by atoms with E-state index in [4.69, 9.17) is 4.99 Å². The van der Waals surface area contributed by atoms with Crippen molar-refractivity contribution < 1.29 is 0 Å². The molecule has 0 atom stereocenters. The molecule has 50 heavy (non-hydrogen) atoms. The Kier molecular flexibility index (Phi) is 9.68. The average Bonchev–Trinajstić information content (AvgIpc) is 3.12. The highest BCUT2D eigenvalue weighted by atomic mass is 28.3. The standard InChI is InChI=1S/C48H49NSi/c1-33(2)50(34(3)4,35(5)6)27-26-44-47-30-40-16-12-10-14-38(40)28-45(47)43(46-29-39-15-11-13-17-41(39)31-48(44)46)25-24-36-20-22-37(23-21-36)32-49-42-18-8-7-9-19-42/h10-17,20-23,28-35,42H,7-9,18-19H2,1-6H3. The van der Waals surface area contributed by atoms with E-state index >= 15 is 0 Å². The zero-order chi connectivity index (χ0) is 34.8. The lowest BCUT2D eigenvalue weighted by Crippen LogP contribution is -2.43. The average molecular weight is 668 g/mol. The molecule has 1 fully saturated rings. The molecule has 0 saturated heterocycles. The van der Waals surface area contributed by atoms with Crippen LogP contribution in [0.2, 0.25) is 16.6 Å². The van der Waals surface area contributed by atoms with E-state index in [-0.39, 0.29) is 0 Å². The van der Waals surface area contributed by atoms with Crippen molar-refractivity contribution in [3.05, 3.63) is 119 Å². The molecule has 1 aliphatic carbocycles. The van der Waals surface area contributed by atoms with Crippen molar-refractivity contribution in [1.82, 2.24) is 0 Å². The summed E-state index contributed by atoms with van der Waals surface area (Å²) >= 11 is 0. The zero-order valence-corrected chi connectivity index (χ0v) is 31.6. The van der Waals surface area contributed by atoms with E-state index in [1.165, 1.54) is 75.2 Å². The van der Waals surface area contributed by atoms with Crippen molar-refractivity contribution in [1.29, 1.82) is 0 Å². The summed E-state index contributed by atoms with van der Waals surface area (Å²) in [4.78, 5) is 4.89. The van der Waals surface area contributed by atoms with Gasteiger partial charge in [-0.15, -0.1) is 5.54 Å². The highest BCUT2D eigenvalue weighted by Gasteiger charge is 2.41. The number of aliphatic imine (C=N–C) groups is 1. The molecule has 0 unspecified atom stereocenters. The van der Waals surface area contributed by atoms with Crippen LogP contribution < -0.4 is 0 Å². The largest absolute Gasteiger partial charge is 0.289 e. The van der Waals surface area contributed by atoms with Gasteiger partial charge in [-0.05, 0) is 115 Å². The molecule has 0 spiro atoms. The molecule has 0 N–H and O–H groups in total. The van der Waals surface area contributed by atoms with Gasteiger partial charge in [-0.3, -0.25) is 4.99 Å². The Morgan fingerprint density at radius 3 is 1.44 bits per heavy atom. The second kappa shape index (κ2) is 14.3. The molecule has 2 heteroatoms. The van der Waals surface area contributed by atoms with E-state index in [1.54, 1.807) is 0 Å². The summed E-state index contributed by atoms with van der Waals surface area (Å²) in [6, 6.07) is 35.8. The van der Waals surface area contributed by atoms with Crippen LogP contribution >= 0.6 is 0 Å². The number of hydrogen-bond donors (Lipinski definition) is 0. The maximum Gasteiger partial charge on any atom is 0.146 e. The molecular weight excluding hydrogens is 619 g/mol. The van der Waals surface area contributed by atoms with E-state index in [1.807, 2.05) is 0 Å². The molecule has 6 aromatic rings. The summed E-state index contributed by atoms with van der Waals surface area (Å²) in [5.74, 6) is 11.2. The van der Waals surface area contributed by atoms with E-state index in [9.17, 15) is 0 Å². The summed E-state index contributed by atoms with van der Waals surface area (Å²) in [5, 5.41) is 9.63. The van der Waals surface area contributed by atoms with Gasteiger partial charge in [0.05, 0.1) is 0 Å². The predicted octanol–water partition coefficient (Wildman–Crippen LogP) is 13.0. The van der Waals surface area contributed by atoms with Gasteiger partial charge < -0.3 is 0 Å². The second-order valence-electron chi connectivity index (χ2n) is 15.3. The van der Waals surface area contributed by atoms with Crippen molar-refractivity contribution in [2.75, 3.05) is 0 Å². The Morgan fingerprint density at radius 2 is 1.00 bits per heavy atom. The molecule has 0 bridgehead atoms. The van der Waals surface area contributed by atoms with Crippen LogP contribution in [0.25, 0.3) is 43.1 Å². The fourth-order valence-corrected chi connectivity index (χ4v) is 13.9. The van der Waals surface area contributed by atoms with Crippen LogP contribution in [-0.2, 0) is 0 Å². The van der Waals surface area contributed by atoms with Crippen molar-refractivity contribution in [2.24, 2.45) is 4.99 Å².